The van der Waals surface area contributed by atoms with E-state index in [0.29, 0.717) is 0 Å². The minimum Gasteiger partial charge on any atom is -0.465 e. The van der Waals surface area contributed by atoms with Gasteiger partial charge < -0.3 is 15.2 Å². The average molecular weight is 465 g/mol. The van der Waals surface area contributed by atoms with E-state index in [1.807, 2.05) is 0 Å². The second-order valence-electron chi connectivity index (χ2n) is 6.68. The molecule has 2 aromatic heterocycles. The fraction of sp³-hybridized carbons (Fsp3) is 0.600. The summed E-state index contributed by atoms with van der Waals surface area (Å²) in [6.07, 6.45) is -3.72. The van der Waals surface area contributed by atoms with E-state index in [9.17, 15) is 9.36 Å². The molecule has 2 aliphatic heterocycles. The highest BCUT2D eigenvalue weighted by Crippen LogP contribution is 2.54. The minimum absolute atomic E-state index is 0.0378. The first kappa shape index (κ1) is 21.3. The Balaban J connectivity index is 1.54. The molecule has 4 rings (SSSR count). The molecule has 0 aromatic carbocycles. The van der Waals surface area contributed by atoms with Crippen LogP contribution >= 0.6 is 19.3 Å². The summed E-state index contributed by atoms with van der Waals surface area (Å²) in [6, 6.07) is -0.983. The lowest BCUT2D eigenvalue weighted by atomic mass is 10.1. The van der Waals surface area contributed by atoms with Gasteiger partial charge in [-0.3, -0.25) is 18.4 Å². The molecule has 30 heavy (non-hydrogen) atoms. The molecular weight excluding hydrogens is 446 g/mol. The van der Waals surface area contributed by atoms with Crippen molar-refractivity contribution in [2.75, 3.05) is 18.9 Å². The van der Waals surface area contributed by atoms with Gasteiger partial charge in [-0.05, 0) is 25.4 Å². The van der Waals surface area contributed by atoms with Crippen LogP contribution in [-0.2, 0) is 27.9 Å². The number of esters is 1. The van der Waals surface area contributed by atoms with Crippen molar-refractivity contribution >= 4 is 42.3 Å². The number of nitrogens with two attached hydrogens (primary N) is 1. The number of hydrogen-bond donors (Lipinski definition) is 2. The Bertz CT molecular complexity index is 1020. The average Bonchev–Trinajstić information content (AvgIpc) is 3.23. The van der Waals surface area contributed by atoms with Gasteiger partial charge in [0.25, 0.3) is 0 Å². The molecular formula is C15H19ClFN6O6P. The van der Waals surface area contributed by atoms with Gasteiger partial charge in [0.2, 0.25) is 5.28 Å². The number of ether oxygens (including phenoxy) is 2. The van der Waals surface area contributed by atoms with E-state index in [1.54, 1.807) is 6.92 Å². The Labute approximate surface area is 174 Å². The number of imidazole rings is 1. The lowest BCUT2D eigenvalue weighted by Crippen LogP contribution is -2.43. The number of anilines is 1. The van der Waals surface area contributed by atoms with Crippen LogP contribution in [0, 0.1) is 0 Å². The largest absolute Gasteiger partial charge is 0.465 e. The molecule has 164 valence electrons. The van der Waals surface area contributed by atoms with Crippen LogP contribution in [0.3, 0.4) is 0 Å². The van der Waals surface area contributed by atoms with Crippen LogP contribution in [0.2, 0.25) is 5.28 Å². The zero-order valence-corrected chi connectivity index (χ0v) is 17.5. The van der Waals surface area contributed by atoms with Crippen LogP contribution in [0.4, 0.5) is 10.2 Å². The second-order valence-corrected chi connectivity index (χ2v) is 8.74. The van der Waals surface area contributed by atoms with Gasteiger partial charge in [-0.25, -0.2) is 19.0 Å². The van der Waals surface area contributed by atoms with Gasteiger partial charge >= 0.3 is 13.7 Å². The topological polar surface area (TPSA) is 153 Å². The maximum atomic E-state index is 15.3. The predicted molar refractivity (Wildman–Crippen MR) is 101 cm³/mol. The van der Waals surface area contributed by atoms with Gasteiger partial charge in [0, 0.05) is 0 Å². The Morgan fingerprint density at radius 2 is 2.33 bits per heavy atom. The molecule has 0 unspecified atom stereocenters. The maximum Gasteiger partial charge on any atom is 0.406 e. The molecule has 12 nitrogen and oxygen atoms in total. The Morgan fingerprint density at radius 3 is 3.07 bits per heavy atom. The van der Waals surface area contributed by atoms with Crippen molar-refractivity contribution in [1.29, 1.82) is 0 Å². The van der Waals surface area contributed by atoms with Crippen LogP contribution in [0.25, 0.3) is 11.2 Å². The highest BCUT2D eigenvalue weighted by molar-refractivity contribution is 7.51. The summed E-state index contributed by atoms with van der Waals surface area (Å²) < 4.78 is 50.7. The SMILES string of the molecule is CCOC(=O)[C@H](C)N[P@@]1(=O)OC[C@H]2O[C@@H](n3cnc4c(N)nc(Cl)nc43)[C@@H](F)[C@@H]2O1. The fourth-order valence-corrected chi connectivity index (χ4v) is 5.12. The predicted octanol–water partition coefficient (Wildman–Crippen LogP) is 1.36. The number of rotatable bonds is 5. The first-order valence-electron chi connectivity index (χ1n) is 9.05. The molecule has 0 radical (unpaired) electrons. The van der Waals surface area contributed by atoms with E-state index in [4.69, 9.17) is 35.9 Å². The zero-order chi connectivity index (χ0) is 21.6. The van der Waals surface area contributed by atoms with Crippen molar-refractivity contribution in [3.63, 3.8) is 0 Å². The van der Waals surface area contributed by atoms with Crippen molar-refractivity contribution in [1.82, 2.24) is 24.6 Å². The van der Waals surface area contributed by atoms with Gasteiger partial charge in [-0.2, -0.15) is 9.97 Å². The van der Waals surface area contributed by atoms with Gasteiger partial charge in [0.1, 0.15) is 23.8 Å². The summed E-state index contributed by atoms with van der Waals surface area (Å²) in [6.45, 7) is 3.01. The third-order valence-electron chi connectivity index (χ3n) is 4.62. The molecule has 0 amide bonds. The molecule has 0 spiro atoms. The number of alkyl halides is 1. The van der Waals surface area contributed by atoms with Gasteiger partial charge in [0.15, 0.2) is 23.9 Å². The number of fused-ring (bicyclic) bond motifs is 2. The van der Waals surface area contributed by atoms with Crippen LogP contribution in [0.1, 0.15) is 20.1 Å². The standard InChI is InChI=1S/C15H19ClFN6O6P/c1-3-26-14(24)6(2)22-30(25)27-4-7-10(29-30)8(17)13(28-7)23-5-19-9-11(18)20-15(16)21-12(9)23/h5-8,10,13H,3-4H2,1-2H3,(H,22,25)(H2,18,20,21)/t6-,7+,8-,10+,13+,30+/m0/s1. The van der Waals surface area contributed by atoms with Crippen molar-refractivity contribution in [3.8, 4) is 0 Å². The maximum absolute atomic E-state index is 15.3. The zero-order valence-electron chi connectivity index (χ0n) is 15.9. The molecule has 2 aliphatic rings. The number of nitrogens with zero attached hydrogens (tertiary/aromatic N) is 4. The molecule has 0 bridgehead atoms. The Morgan fingerprint density at radius 1 is 1.57 bits per heavy atom. The summed E-state index contributed by atoms with van der Waals surface area (Å²) >= 11 is 5.85. The van der Waals surface area contributed by atoms with Crippen molar-refractivity contribution < 1.29 is 32.3 Å². The summed E-state index contributed by atoms with van der Waals surface area (Å²) in [4.78, 5) is 23.7. The highest BCUT2D eigenvalue weighted by Gasteiger charge is 2.54. The van der Waals surface area contributed by atoms with E-state index in [1.165, 1.54) is 17.8 Å². The number of nitrogens with one attached hydrogen (secondary N) is 1. The van der Waals surface area contributed by atoms with Crippen LogP contribution in [0.5, 0.6) is 0 Å². The van der Waals surface area contributed by atoms with Crippen LogP contribution in [0.15, 0.2) is 6.33 Å². The molecule has 2 saturated heterocycles. The molecule has 0 aliphatic carbocycles. The van der Waals surface area contributed by atoms with Crippen LogP contribution < -0.4 is 10.8 Å². The summed E-state index contributed by atoms with van der Waals surface area (Å²) in [5.74, 6) is -0.603. The lowest BCUT2D eigenvalue weighted by Gasteiger charge is -2.32. The van der Waals surface area contributed by atoms with Crippen molar-refractivity contribution in [2.24, 2.45) is 0 Å². The number of carbonyl (C=O) groups is 1. The molecule has 2 fully saturated rings. The van der Waals surface area contributed by atoms with Crippen molar-refractivity contribution in [3.05, 3.63) is 11.6 Å². The van der Waals surface area contributed by atoms with Gasteiger partial charge in [-0.1, -0.05) is 0 Å². The van der Waals surface area contributed by atoms with E-state index in [-0.39, 0.29) is 35.5 Å². The number of aromatic nitrogens is 4. The fourth-order valence-electron chi connectivity index (χ4n) is 3.26. The molecule has 15 heteroatoms. The molecule has 2 aromatic rings. The third-order valence-corrected chi connectivity index (χ3v) is 6.51. The van der Waals surface area contributed by atoms with E-state index < -0.39 is 44.4 Å². The lowest BCUT2D eigenvalue weighted by molar-refractivity contribution is -0.144. The van der Waals surface area contributed by atoms with Crippen molar-refractivity contribution in [2.45, 2.75) is 44.5 Å². The molecule has 6 atom stereocenters. The monoisotopic (exact) mass is 464 g/mol. The quantitative estimate of drug-likeness (QED) is 0.374. The van der Waals surface area contributed by atoms with Gasteiger partial charge in [0.05, 0.1) is 19.5 Å². The summed E-state index contributed by atoms with van der Waals surface area (Å²) in [5, 5.41) is 2.32. The third kappa shape index (κ3) is 3.77. The first-order valence-corrected chi connectivity index (χ1v) is 11.0. The second kappa shape index (κ2) is 7.98. The van der Waals surface area contributed by atoms with E-state index in [0.717, 1.165) is 0 Å². The molecule has 0 saturated carbocycles. The van der Waals surface area contributed by atoms with Gasteiger partial charge in [-0.15, -0.1) is 0 Å². The number of nitrogen functional groups attached to an aromatic ring is 1. The summed E-state index contributed by atoms with van der Waals surface area (Å²) in [7, 11) is -3.98. The molecule has 4 heterocycles. The molecule has 3 N–H and O–H groups in total. The van der Waals surface area contributed by atoms with E-state index >= 15 is 4.39 Å². The number of carbonyl (C=O) groups excluding carboxylic acids is 1. The Kier molecular flexibility index (Phi) is 5.68. The summed E-state index contributed by atoms with van der Waals surface area (Å²) in [5.41, 5.74) is 6.19. The Hall–Kier alpha value is -1.89. The van der Waals surface area contributed by atoms with Crippen LogP contribution in [-0.4, -0.2) is 63.1 Å². The highest BCUT2D eigenvalue weighted by atomic mass is 35.5. The number of halogens is 2. The minimum atomic E-state index is -3.98. The first-order chi connectivity index (χ1) is 14.2. The normalized spacial score (nSPS) is 32.1. The van der Waals surface area contributed by atoms with E-state index in [2.05, 4.69) is 20.0 Å². The number of hydrogen-bond acceptors (Lipinski definition) is 10. The smallest absolute Gasteiger partial charge is 0.406 e.